The second-order valence-electron chi connectivity index (χ2n) is 0. The first-order valence-corrected chi connectivity index (χ1v) is 0. The Balaban J connectivity index is 0. The molecule has 0 rings (SSSR count). The fourth-order valence-corrected chi connectivity index (χ4v) is 0. The van der Waals surface area contributed by atoms with Gasteiger partial charge in [0.25, 0.3) is 0 Å². The molecule has 0 aromatic heterocycles. The Kier molecular flexibility index (Phi) is 236. The van der Waals surface area contributed by atoms with Crippen LogP contribution in [0.4, 0.5) is 0 Å². The molecular weight excluding hydrogens is 219 g/mol. The predicted octanol–water partition coefficient (Wildman–Crippen LogP) is -11.5. The Morgan fingerprint density at radius 3 is 0.500 bits per heavy atom. The van der Waals surface area contributed by atoms with Gasteiger partial charge >= 0.3 is 118 Å². The summed E-state index contributed by atoms with van der Waals surface area (Å²) in [6.45, 7) is 0. The number of hydrogen-bond donors (Lipinski definition) is 0. The van der Waals surface area contributed by atoms with E-state index in [1.165, 1.54) is 0 Å². The normalized spacial score (nSPS) is 0. The van der Waals surface area contributed by atoms with Gasteiger partial charge in [0.05, 0.1) is 0 Å². The van der Waals surface area contributed by atoms with Gasteiger partial charge < -0.3 is 5.71 Å². The zero-order chi connectivity index (χ0) is 0. The molecule has 0 aromatic carbocycles. The van der Waals surface area contributed by atoms with E-state index in [0.717, 1.165) is 0 Å². The molecular formula is H4Cu2Na4. The van der Waals surface area contributed by atoms with Gasteiger partial charge in [0.2, 0.25) is 0 Å². The monoisotopic (exact) mass is 222 g/mol. The average Bonchev–Trinajstić information content (AvgIpc) is 0. The minimum atomic E-state index is 0. The van der Waals surface area contributed by atoms with Crippen LogP contribution in [0.2, 0.25) is 0 Å². The van der Waals surface area contributed by atoms with Crippen molar-refractivity contribution < 1.29 is 158 Å². The van der Waals surface area contributed by atoms with E-state index in [-0.39, 0.29) is 158 Å². The summed E-state index contributed by atoms with van der Waals surface area (Å²) in [6.07, 6.45) is 0. The molecule has 0 saturated carbocycles. The molecule has 0 unspecified atom stereocenters. The molecule has 30 valence electrons. The van der Waals surface area contributed by atoms with Gasteiger partial charge in [-0.15, -0.1) is 0 Å². The Labute approximate surface area is 154 Å². The fourth-order valence-electron chi connectivity index (χ4n) is 0. The summed E-state index contributed by atoms with van der Waals surface area (Å²) in [4.78, 5) is 0. The maximum Gasteiger partial charge on any atom is 1.00 e. The Morgan fingerprint density at radius 1 is 0.500 bits per heavy atom. The average molecular weight is 223 g/mol. The molecule has 0 fully saturated rings. The molecule has 0 aliphatic heterocycles. The first-order valence-electron chi connectivity index (χ1n) is 0. The summed E-state index contributed by atoms with van der Waals surface area (Å²) < 4.78 is 0. The molecule has 0 nitrogen and oxygen atoms in total. The summed E-state index contributed by atoms with van der Waals surface area (Å²) >= 11 is 0. The molecule has 0 saturated heterocycles. The van der Waals surface area contributed by atoms with Crippen LogP contribution in [0.25, 0.3) is 0 Å². The van der Waals surface area contributed by atoms with E-state index < -0.39 is 0 Å². The Morgan fingerprint density at radius 2 is 0.500 bits per heavy atom. The van der Waals surface area contributed by atoms with Gasteiger partial charge in [-0.1, -0.05) is 0 Å². The summed E-state index contributed by atoms with van der Waals surface area (Å²) in [5.74, 6) is 0. The minimum Gasteiger partial charge on any atom is -1.00 e. The first-order chi connectivity index (χ1) is 0. The van der Waals surface area contributed by atoms with Crippen LogP contribution in [0, 0.1) is 0 Å². The molecule has 2 radical (unpaired) electrons. The molecule has 0 bridgehead atoms. The molecule has 0 aliphatic rings. The molecule has 0 aromatic rings. The second kappa shape index (κ2) is 32.3. The molecule has 0 spiro atoms. The van der Waals surface area contributed by atoms with Crippen molar-refractivity contribution in [1.29, 1.82) is 0 Å². The van der Waals surface area contributed by atoms with Crippen molar-refractivity contribution in [2.24, 2.45) is 0 Å². The summed E-state index contributed by atoms with van der Waals surface area (Å²) in [6, 6.07) is 0. The van der Waals surface area contributed by atoms with Crippen LogP contribution in [-0.4, -0.2) is 0 Å². The maximum atomic E-state index is 0. The van der Waals surface area contributed by atoms with Crippen molar-refractivity contribution in [2.45, 2.75) is 0 Å². The Bertz CT molecular complexity index is 15.2. The third-order valence-corrected chi connectivity index (χ3v) is 0. The van der Waals surface area contributed by atoms with Crippen molar-refractivity contribution in [3.63, 3.8) is 0 Å². The number of rotatable bonds is 0. The van der Waals surface area contributed by atoms with Gasteiger partial charge in [-0.05, 0) is 0 Å². The van der Waals surface area contributed by atoms with Gasteiger partial charge in [-0.3, -0.25) is 0 Å². The molecule has 6 heteroatoms. The van der Waals surface area contributed by atoms with Crippen LogP contribution in [0.15, 0.2) is 0 Å². The minimum absolute atomic E-state index is 0. The van der Waals surface area contributed by atoms with Gasteiger partial charge in [-0.25, -0.2) is 0 Å². The Hall–Kier alpha value is 5.04. The van der Waals surface area contributed by atoms with E-state index in [1.807, 2.05) is 0 Å². The smallest absolute Gasteiger partial charge is 1.00 e. The van der Waals surface area contributed by atoms with E-state index in [1.54, 1.807) is 0 Å². The maximum absolute atomic E-state index is 0. The zero-order valence-electron chi connectivity index (χ0n) is 8.60. The van der Waals surface area contributed by atoms with E-state index in [0.29, 0.717) is 0 Å². The summed E-state index contributed by atoms with van der Waals surface area (Å²) in [5.41, 5.74) is 0. The van der Waals surface area contributed by atoms with Crippen LogP contribution >= 0.6 is 0 Å². The van der Waals surface area contributed by atoms with Gasteiger partial charge in [-0.2, -0.15) is 0 Å². The third-order valence-electron chi connectivity index (χ3n) is 0. The summed E-state index contributed by atoms with van der Waals surface area (Å²) in [7, 11) is 0. The van der Waals surface area contributed by atoms with Gasteiger partial charge in [0.15, 0.2) is 0 Å². The topological polar surface area (TPSA) is 0 Å². The van der Waals surface area contributed by atoms with Crippen molar-refractivity contribution in [3.05, 3.63) is 0 Å². The molecule has 0 heterocycles. The van der Waals surface area contributed by atoms with Crippen LogP contribution in [-0.2, 0) is 34.1 Å². The molecule has 0 atom stereocenters. The SMILES string of the molecule is [Cu].[Cu].[H-].[H-].[H-].[H-].[Na+].[Na+].[Na+].[Na+]. The van der Waals surface area contributed by atoms with Crippen molar-refractivity contribution >= 4 is 0 Å². The van der Waals surface area contributed by atoms with Gasteiger partial charge in [0.1, 0.15) is 0 Å². The van der Waals surface area contributed by atoms with Crippen molar-refractivity contribution in [3.8, 4) is 0 Å². The van der Waals surface area contributed by atoms with Crippen LogP contribution in [0.1, 0.15) is 5.71 Å². The molecule has 0 amide bonds. The quantitative estimate of drug-likeness (QED) is 0.358. The van der Waals surface area contributed by atoms with E-state index in [9.17, 15) is 0 Å². The van der Waals surface area contributed by atoms with Crippen molar-refractivity contribution in [2.75, 3.05) is 0 Å². The van der Waals surface area contributed by atoms with Crippen LogP contribution in [0.3, 0.4) is 0 Å². The fraction of sp³-hybridized carbons (Fsp3) is 0. The van der Waals surface area contributed by atoms with Crippen molar-refractivity contribution in [1.82, 2.24) is 0 Å². The second-order valence-corrected chi connectivity index (χ2v) is 0. The van der Waals surface area contributed by atoms with Crippen LogP contribution in [0.5, 0.6) is 0 Å². The molecule has 6 heavy (non-hydrogen) atoms. The largest absolute Gasteiger partial charge is 1.00 e. The van der Waals surface area contributed by atoms with E-state index >= 15 is 0 Å². The standard InChI is InChI=1S/2Cu.4Na.4H/q;;4*+1;4*-1. The number of hydrogen-bond acceptors (Lipinski definition) is 0. The predicted molar refractivity (Wildman–Crippen MR) is 4.45 cm³/mol. The first kappa shape index (κ1) is 43.8. The molecule has 0 aliphatic carbocycles. The van der Waals surface area contributed by atoms with E-state index in [2.05, 4.69) is 0 Å². The van der Waals surface area contributed by atoms with Gasteiger partial charge in [0, 0.05) is 34.1 Å². The third kappa shape index (κ3) is 23.0. The zero-order valence-corrected chi connectivity index (χ0v) is 14.5. The molecule has 0 N–H and O–H groups in total. The van der Waals surface area contributed by atoms with E-state index in [4.69, 9.17) is 0 Å². The summed E-state index contributed by atoms with van der Waals surface area (Å²) in [5, 5.41) is 0. The van der Waals surface area contributed by atoms with Crippen LogP contribution < -0.4 is 118 Å².